The molecule has 1 atom stereocenters. The lowest BCUT2D eigenvalue weighted by Crippen LogP contribution is -2.43. The van der Waals surface area contributed by atoms with E-state index in [-0.39, 0.29) is 12.1 Å². The molecule has 2 heterocycles. The number of aromatic nitrogens is 2. The fourth-order valence-corrected chi connectivity index (χ4v) is 2.98. The van der Waals surface area contributed by atoms with Gasteiger partial charge in [0.1, 0.15) is 0 Å². The molecule has 2 N–H and O–H groups in total. The summed E-state index contributed by atoms with van der Waals surface area (Å²) in [5.41, 5.74) is 2.76. The second-order valence-corrected chi connectivity index (χ2v) is 6.86. The van der Waals surface area contributed by atoms with Gasteiger partial charge in [0.05, 0.1) is 11.8 Å². The number of anilines is 1. The van der Waals surface area contributed by atoms with Gasteiger partial charge in [0.25, 0.3) is 0 Å². The van der Waals surface area contributed by atoms with Crippen molar-refractivity contribution in [3.63, 3.8) is 0 Å². The molecule has 1 aromatic carbocycles. The molecule has 26 heavy (non-hydrogen) atoms. The van der Waals surface area contributed by atoms with Crippen molar-refractivity contribution in [3.05, 3.63) is 36.5 Å². The smallest absolute Gasteiger partial charge is 0.321 e. The van der Waals surface area contributed by atoms with Crippen LogP contribution in [0.5, 0.6) is 0 Å². The van der Waals surface area contributed by atoms with Crippen LogP contribution in [0.25, 0.3) is 11.3 Å². The Balaban J connectivity index is 1.61. The van der Waals surface area contributed by atoms with E-state index in [0.717, 1.165) is 42.9 Å². The van der Waals surface area contributed by atoms with Crippen molar-refractivity contribution in [1.29, 1.82) is 0 Å². The molecule has 1 aliphatic heterocycles. The van der Waals surface area contributed by atoms with Crippen LogP contribution in [0, 0.1) is 0 Å². The Hall–Kier alpha value is -2.38. The van der Waals surface area contributed by atoms with Gasteiger partial charge >= 0.3 is 6.03 Å². The number of ether oxygens (including phenoxy) is 1. The van der Waals surface area contributed by atoms with Gasteiger partial charge in [-0.25, -0.2) is 4.79 Å². The number of carbonyl (C=O) groups excluding carboxylic acids is 1. The lowest BCUT2D eigenvalue weighted by Gasteiger charge is -2.27. The number of aromatic amines is 1. The van der Waals surface area contributed by atoms with Gasteiger partial charge in [-0.3, -0.25) is 5.10 Å². The molecular formula is C19H27N5O2. The summed E-state index contributed by atoms with van der Waals surface area (Å²) in [6.45, 7) is 2.92. The first-order chi connectivity index (χ1) is 12.6. The van der Waals surface area contributed by atoms with Gasteiger partial charge in [0.2, 0.25) is 0 Å². The highest BCUT2D eigenvalue weighted by Gasteiger charge is 2.22. The number of carbonyl (C=O) groups is 1. The van der Waals surface area contributed by atoms with Crippen LogP contribution < -0.4 is 5.32 Å². The number of benzene rings is 1. The number of H-pyrrole nitrogens is 1. The van der Waals surface area contributed by atoms with E-state index < -0.39 is 0 Å². The third kappa shape index (κ3) is 5.06. The van der Waals surface area contributed by atoms with Crippen molar-refractivity contribution in [2.45, 2.75) is 18.9 Å². The Morgan fingerprint density at radius 2 is 2.08 bits per heavy atom. The molecule has 0 saturated carbocycles. The Kier molecular flexibility index (Phi) is 6.25. The SMILES string of the molecule is CN(C)CCN(C[C@@H]1CCCO1)C(=O)Nc1ccc(-c2ccn[nH]2)cc1. The molecule has 1 saturated heterocycles. The van der Waals surface area contributed by atoms with Crippen LogP contribution in [-0.4, -0.2) is 72.5 Å². The second kappa shape index (κ2) is 8.82. The van der Waals surface area contributed by atoms with Crippen LogP contribution in [0.15, 0.2) is 36.5 Å². The lowest BCUT2D eigenvalue weighted by atomic mass is 10.1. The average molecular weight is 357 g/mol. The zero-order chi connectivity index (χ0) is 18.4. The van der Waals surface area contributed by atoms with Gasteiger partial charge in [-0.2, -0.15) is 5.10 Å². The number of hydrogen-bond acceptors (Lipinski definition) is 4. The molecule has 1 aromatic heterocycles. The molecule has 0 bridgehead atoms. The number of urea groups is 1. The molecule has 0 radical (unpaired) electrons. The number of amides is 2. The summed E-state index contributed by atoms with van der Waals surface area (Å²) < 4.78 is 5.70. The number of nitrogens with zero attached hydrogens (tertiary/aromatic N) is 3. The van der Waals surface area contributed by atoms with Gasteiger partial charge in [0.15, 0.2) is 0 Å². The Morgan fingerprint density at radius 3 is 2.69 bits per heavy atom. The summed E-state index contributed by atoms with van der Waals surface area (Å²) in [5.74, 6) is 0. The largest absolute Gasteiger partial charge is 0.376 e. The maximum Gasteiger partial charge on any atom is 0.321 e. The van der Waals surface area contributed by atoms with Crippen LogP contribution in [0.3, 0.4) is 0 Å². The fourth-order valence-electron chi connectivity index (χ4n) is 2.98. The monoisotopic (exact) mass is 357 g/mol. The number of likely N-dealkylation sites (N-methyl/N-ethyl adjacent to an activating group) is 1. The molecule has 7 heteroatoms. The zero-order valence-electron chi connectivity index (χ0n) is 15.4. The van der Waals surface area contributed by atoms with E-state index >= 15 is 0 Å². The number of nitrogens with one attached hydrogen (secondary N) is 2. The third-order valence-corrected chi connectivity index (χ3v) is 4.50. The first kappa shape index (κ1) is 18.4. The molecule has 0 unspecified atom stereocenters. The lowest BCUT2D eigenvalue weighted by molar-refractivity contribution is 0.0820. The van der Waals surface area contributed by atoms with E-state index in [1.807, 2.05) is 49.3 Å². The summed E-state index contributed by atoms with van der Waals surface area (Å²) in [6, 6.07) is 9.57. The highest BCUT2D eigenvalue weighted by atomic mass is 16.5. The summed E-state index contributed by atoms with van der Waals surface area (Å²) in [6.07, 6.45) is 3.96. The van der Waals surface area contributed by atoms with E-state index in [1.165, 1.54) is 0 Å². The summed E-state index contributed by atoms with van der Waals surface area (Å²) in [7, 11) is 4.02. The number of rotatable bonds is 7. The molecule has 2 amide bonds. The highest BCUT2D eigenvalue weighted by molar-refractivity contribution is 5.89. The molecule has 0 aliphatic carbocycles. The maximum atomic E-state index is 12.8. The summed E-state index contributed by atoms with van der Waals surface area (Å²) >= 11 is 0. The van der Waals surface area contributed by atoms with Crippen molar-refractivity contribution < 1.29 is 9.53 Å². The van der Waals surface area contributed by atoms with Crippen LogP contribution in [0.2, 0.25) is 0 Å². The van der Waals surface area contributed by atoms with Crippen molar-refractivity contribution in [1.82, 2.24) is 20.0 Å². The molecule has 3 rings (SSSR count). The highest BCUT2D eigenvalue weighted by Crippen LogP contribution is 2.19. The quantitative estimate of drug-likeness (QED) is 0.799. The van der Waals surface area contributed by atoms with Gasteiger partial charge in [-0.05, 0) is 50.7 Å². The van der Waals surface area contributed by atoms with Gasteiger partial charge in [0, 0.05) is 38.1 Å². The summed E-state index contributed by atoms with van der Waals surface area (Å²) in [4.78, 5) is 16.7. The van der Waals surface area contributed by atoms with E-state index in [1.54, 1.807) is 6.20 Å². The summed E-state index contributed by atoms with van der Waals surface area (Å²) in [5, 5.41) is 9.89. The first-order valence-electron chi connectivity index (χ1n) is 9.04. The van der Waals surface area contributed by atoms with E-state index in [9.17, 15) is 4.79 Å². The predicted molar refractivity (Wildman–Crippen MR) is 102 cm³/mol. The van der Waals surface area contributed by atoms with Crippen LogP contribution in [0.4, 0.5) is 10.5 Å². The fraction of sp³-hybridized carbons (Fsp3) is 0.474. The van der Waals surface area contributed by atoms with Gasteiger partial charge in [-0.1, -0.05) is 12.1 Å². The van der Waals surface area contributed by atoms with Crippen molar-refractivity contribution in [3.8, 4) is 11.3 Å². The second-order valence-electron chi connectivity index (χ2n) is 6.86. The minimum absolute atomic E-state index is 0.0864. The third-order valence-electron chi connectivity index (χ3n) is 4.50. The standard InChI is InChI=1S/C19H27N5O2/c1-23(2)11-12-24(14-17-4-3-13-26-17)19(25)21-16-7-5-15(6-8-16)18-9-10-20-22-18/h5-10,17H,3-4,11-14H2,1-2H3,(H,20,22)(H,21,25)/t17-/m0/s1. The molecular weight excluding hydrogens is 330 g/mol. The maximum absolute atomic E-state index is 12.8. The number of hydrogen-bond donors (Lipinski definition) is 2. The Labute approximate surface area is 154 Å². The average Bonchev–Trinajstić information content (AvgIpc) is 3.33. The minimum Gasteiger partial charge on any atom is -0.376 e. The molecule has 2 aromatic rings. The Bertz CT molecular complexity index is 678. The van der Waals surface area contributed by atoms with Crippen molar-refractivity contribution >= 4 is 11.7 Å². The van der Waals surface area contributed by atoms with E-state index in [2.05, 4.69) is 20.4 Å². The topological polar surface area (TPSA) is 73.5 Å². The van der Waals surface area contributed by atoms with Crippen molar-refractivity contribution in [2.24, 2.45) is 0 Å². The van der Waals surface area contributed by atoms with E-state index in [4.69, 9.17) is 4.74 Å². The van der Waals surface area contributed by atoms with Crippen LogP contribution >= 0.6 is 0 Å². The van der Waals surface area contributed by atoms with E-state index in [0.29, 0.717) is 13.1 Å². The Morgan fingerprint density at radius 1 is 1.27 bits per heavy atom. The molecule has 7 nitrogen and oxygen atoms in total. The zero-order valence-corrected chi connectivity index (χ0v) is 15.4. The van der Waals surface area contributed by atoms with Crippen LogP contribution in [-0.2, 0) is 4.74 Å². The first-order valence-corrected chi connectivity index (χ1v) is 9.04. The predicted octanol–water partition coefficient (Wildman–Crippen LogP) is 2.65. The molecule has 0 spiro atoms. The van der Waals surface area contributed by atoms with Crippen molar-refractivity contribution in [2.75, 3.05) is 45.7 Å². The molecule has 1 fully saturated rings. The molecule has 140 valence electrons. The van der Waals surface area contributed by atoms with Gasteiger partial charge < -0.3 is 19.9 Å². The van der Waals surface area contributed by atoms with Crippen LogP contribution in [0.1, 0.15) is 12.8 Å². The molecule has 1 aliphatic rings. The van der Waals surface area contributed by atoms with Gasteiger partial charge in [-0.15, -0.1) is 0 Å². The minimum atomic E-state index is -0.0864. The normalized spacial score (nSPS) is 16.8.